The predicted molar refractivity (Wildman–Crippen MR) is 114 cm³/mol. The van der Waals surface area contributed by atoms with Crippen LogP contribution in [0.1, 0.15) is 16.9 Å². The number of hydrogen-bond donors (Lipinski definition) is 1. The minimum absolute atomic E-state index is 0.102. The Bertz CT molecular complexity index is 942. The van der Waals surface area contributed by atoms with Gasteiger partial charge in [-0.1, -0.05) is 30.3 Å². The number of rotatable bonds is 6. The van der Waals surface area contributed by atoms with Crippen molar-refractivity contribution in [3.05, 3.63) is 75.1 Å². The number of para-hydroxylation sites is 1. The van der Waals surface area contributed by atoms with Gasteiger partial charge in [0.1, 0.15) is 17.3 Å². The normalized spacial score (nSPS) is 10.9. The van der Waals surface area contributed by atoms with Crippen LogP contribution in [0.5, 0.6) is 5.75 Å². The summed E-state index contributed by atoms with van der Waals surface area (Å²) in [6.07, 6.45) is 1.47. The lowest BCUT2D eigenvalue weighted by atomic mass is 10.1. The van der Waals surface area contributed by atoms with E-state index in [1.165, 1.54) is 6.21 Å². The minimum atomic E-state index is -0.335. The van der Waals surface area contributed by atoms with E-state index < -0.39 is 0 Å². The fourth-order valence-corrected chi connectivity index (χ4v) is 2.92. The van der Waals surface area contributed by atoms with Gasteiger partial charge in [-0.05, 0) is 71.8 Å². The van der Waals surface area contributed by atoms with E-state index in [-0.39, 0.29) is 12.5 Å². The largest absolute Gasteiger partial charge is 0.483 e. The number of hydrogen-bond acceptors (Lipinski definition) is 4. The highest BCUT2D eigenvalue weighted by molar-refractivity contribution is 14.1. The average Bonchev–Trinajstić information content (AvgIpc) is 3.11. The zero-order valence-corrected chi connectivity index (χ0v) is 17.2. The highest BCUT2D eigenvalue weighted by Crippen LogP contribution is 2.23. The third kappa shape index (κ3) is 5.19. The SMILES string of the molecule is Cc1cccc(C)c1OCC(=O)NN=Cc1ccc(-c2ccc(I)cc2)o1. The van der Waals surface area contributed by atoms with Crippen LogP contribution in [0.4, 0.5) is 0 Å². The number of amides is 1. The van der Waals surface area contributed by atoms with Crippen LogP contribution < -0.4 is 10.2 Å². The average molecular weight is 474 g/mol. The first-order valence-corrected chi connectivity index (χ1v) is 9.47. The molecular weight excluding hydrogens is 455 g/mol. The number of nitrogens with zero attached hydrogens (tertiary/aromatic N) is 1. The van der Waals surface area contributed by atoms with Crippen molar-refractivity contribution in [1.82, 2.24) is 5.43 Å². The molecule has 1 N–H and O–H groups in total. The number of hydrazone groups is 1. The Balaban J connectivity index is 1.53. The van der Waals surface area contributed by atoms with Gasteiger partial charge in [0.15, 0.2) is 6.61 Å². The summed E-state index contributed by atoms with van der Waals surface area (Å²) in [6, 6.07) is 17.5. The molecule has 5 nitrogen and oxygen atoms in total. The van der Waals surface area contributed by atoms with Gasteiger partial charge in [-0.3, -0.25) is 4.79 Å². The van der Waals surface area contributed by atoms with Crippen molar-refractivity contribution in [2.45, 2.75) is 13.8 Å². The van der Waals surface area contributed by atoms with Crippen molar-refractivity contribution in [3.8, 4) is 17.1 Å². The molecule has 1 amide bonds. The number of nitrogens with one attached hydrogen (secondary N) is 1. The summed E-state index contributed by atoms with van der Waals surface area (Å²) in [5.74, 6) is 1.69. The van der Waals surface area contributed by atoms with Gasteiger partial charge >= 0.3 is 0 Å². The highest BCUT2D eigenvalue weighted by Gasteiger charge is 2.07. The Morgan fingerprint density at radius 2 is 1.81 bits per heavy atom. The molecule has 138 valence electrons. The Morgan fingerprint density at radius 3 is 2.52 bits per heavy atom. The van der Waals surface area contributed by atoms with Gasteiger partial charge in [0, 0.05) is 9.13 Å². The third-order valence-corrected chi connectivity index (χ3v) is 4.61. The molecule has 1 aromatic heterocycles. The Morgan fingerprint density at radius 1 is 1.11 bits per heavy atom. The van der Waals surface area contributed by atoms with E-state index in [1.807, 2.05) is 62.4 Å². The molecule has 0 bridgehead atoms. The van der Waals surface area contributed by atoms with Crippen molar-refractivity contribution < 1.29 is 13.9 Å². The van der Waals surface area contributed by atoms with Gasteiger partial charge in [0.2, 0.25) is 0 Å². The van der Waals surface area contributed by atoms with E-state index >= 15 is 0 Å². The quantitative estimate of drug-likeness (QED) is 0.320. The molecule has 6 heteroatoms. The van der Waals surface area contributed by atoms with Crippen molar-refractivity contribution in [2.24, 2.45) is 5.10 Å². The molecule has 0 fully saturated rings. The van der Waals surface area contributed by atoms with Crippen molar-refractivity contribution in [2.75, 3.05) is 6.61 Å². The number of halogens is 1. The molecule has 0 unspecified atom stereocenters. The summed E-state index contributed by atoms with van der Waals surface area (Å²) in [5, 5.41) is 3.92. The van der Waals surface area contributed by atoms with Gasteiger partial charge < -0.3 is 9.15 Å². The second-order valence-corrected chi connectivity index (χ2v) is 7.26. The van der Waals surface area contributed by atoms with Crippen LogP contribution in [0.3, 0.4) is 0 Å². The first-order valence-electron chi connectivity index (χ1n) is 8.39. The first-order chi connectivity index (χ1) is 13.0. The highest BCUT2D eigenvalue weighted by atomic mass is 127. The Labute approximate surface area is 171 Å². The van der Waals surface area contributed by atoms with Crippen LogP contribution in [0.2, 0.25) is 0 Å². The molecule has 3 aromatic rings. The summed E-state index contributed by atoms with van der Waals surface area (Å²) in [7, 11) is 0. The molecule has 0 saturated heterocycles. The van der Waals surface area contributed by atoms with E-state index in [2.05, 4.69) is 33.1 Å². The fraction of sp³-hybridized carbons (Fsp3) is 0.143. The molecule has 27 heavy (non-hydrogen) atoms. The summed E-state index contributed by atoms with van der Waals surface area (Å²) in [5.41, 5.74) is 5.41. The van der Waals surface area contributed by atoms with Gasteiger partial charge in [-0.25, -0.2) is 5.43 Å². The van der Waals surface area contributed by atoms with Crippen LogP contribution in [-0.4, -0.2) is 18.7 Å². The summed E-state index contributed by atoms with van der Waals surface area (Å²) >= 11 is 2.26. The molecular formula is C21H19IN2O3. The number of carbonyl (C=O) groups is 1. The van der Waals surface area contributed by atoms with Crippen LogP contribution in [-0.2, 0) is 4.79 Å². The maximum absolute atomic E-state index is 11.9. The molecule has 0 atom stereocenters. The molecule has 0 spiro atoms. The number of aryl methyl sites for hydroxylation is 2. The first kappa shape index (κ1) is 19.2. The van der Waals surface area contributed by atoms with Gasteiger partial charge in [-0.2, -0.15) is 5.10 Å². The molecule has 2 aromatic carbocycles. The van der Waals surface area contributed by atoms with Gasteiger partial charge in [0.25, 0.3) is 5.91 Å². The van der Waals surface area contributed by atoms with E-state index in [0.29, 0.717) is 5.76 Å². The standard InChI is InChI=1S/C21H19IN2O3/c1-14-4-3-5-15(2)21(14)26-13-20(25)24-23-12-18-10-11-19(27-18)16-6-8-17(22)9-7-16/h3-12H,13H2,1-2H3,(H,24,25). The number of benzene rings is 2. The van der Waals surface area contributed by atoms with E-state index in [9.17, 15) is 4.79 Å². The van der Waals surface area contributed by atoms with Crippen LogP contribution >= 0.6 is 22.6 Å². The minimum Gasteiger partial charge on any atom is -0.483 e. The monoisotopic (exact) mass is 474 g/mol. The lowest BCUT2D eigenvalue weighted by molar-refractivity contribution is -0.123. The summed E-state index contributed by atoms with van der Waals surface area (Å²) in [4.78, 5) is 11.9. The van der Waals surface area contributed by atoms with Crippen LogP contribution in [0.15, 0.2) is 64.1 Å². The van der Waals surface area contributed by atoms with Crippen molar-refractivity contribution >= 4 is 34.7 Å². The maximum atomic E-state index is 11.9. The Kier molecular flexibility index (Phi) is 6.28. The van der Waals surface area contributed by atoms with Crippen molar-refractivity contribution in [1.29, 1.82) is 0 Å². The summed E-state index contributed by atoms with van der Waals surface area (Å²) in [6.45, 7) is 3.79. The third-order valence-electron chi connectivity index (χ3n) is 3.89. The second kappa shape index (κ2) is 8.85. The predicted octanol–water partition coefficient (Wildman–Crippen LogP) is 4.70. The molecule has 0 aliphatic carbocycles. The number of ether oxygens (including phenoxy) is 1. The molecule has 0 aliphatic heterocycles. The zero-order valence-electron chi connectivity index (χ0n) is 15.0. The molecule has 0 radical (unpaired) electrons. The molecule has 0 saturated carbocycles. The zero-order chi connectivity index (χ0) is 19.2. The lowest BCUT2D eigenvalue weighted by Crippen LogP contribution is -2.24. The van der Waals surface area contributed by atoms with E-state index in [1.54, 1.807) is 6.07 Å². The molecule has 0 aliphatic rings. The molecule has 3 rings (SSSR count). The number of furan rings is 1. The second-order valence-electron chi connectivity index (χ2n) is 6.01. The van der Waals surface area contributed by atoms with E-state index in [4.69, 9.17) is 9.15 Å². The fourth-order valence-electron chi connectivity index (χ4n) is 2.56. The molecule has 1 heterocycles. The van der Waals surface area contributed by atoms with Crippen molar-refractivity contribution in [3.63, 3.8) is 0 Å². The summed E-state index contributed by atoms with van der Waals surface area (Å²) < 4.78 is 12.5. The van der Waals surface area contributed by atoms with Crippen LogP contribution in [0.25, 0.3) is 11.3 Å². The van der Waals surface area contributed by atoms with Gasteiger partial charge in [-0.15, -0.1) is 0 Å². The lowest BCUT2D eigenvalue weighted by Gasteiger charge is -2.10. The van der Waals surface area contributed by atoms with Crippen LogP contribution in [0, 0.1) is 17.4 Å². The smallest absolute Gasteiger partial charge is 0.277 e. The number of carbonyl (C=O) groups excluding carboxylic acids is 1. The Hall–Kier alpha value is -2.61. The maximum Gasteiger partial charge on any atom is 0.277 e. The van der Waals surface area contributed by atoms with Gasteiger partial charge in [0.05, 0.1) is 6.21 Å². The van der Waals surface area contributed by atoms with E-state index in [0.717, 1.165) is 31.8 Å². The topological polar surface area (TPSA) is 63.8 Å².